The van der Waals surface area contributed by atoms with Gasteiger partial charge < -0.3 is 0 Å². The Morgan fingerprint density at radius 3 is 2.67 bits per heavy atom. The highest BCUT2D eigenvalue weighted by Crippen LogP contribution is 2.16. The topological polar surface area (TPSA) is 65.1 Å². The summed E-state index contributed by atoms with van der Waals surface area (Å²) >= 11 is 0. The first kappa shape index (κ1) is 10.6. The maximum absolute atomic E-state index is 11.6. The molecule has 0 N–H and O–H groups in total. The zero-order valence-corrected chi connectivity index (χ0v) is 10.0. The predicted octanol–water partition coefficient (Wildman–Crippen LogP) is 0.798. The van der Waals surface area contributed by atoms with Crippen LogP contribution in [0, 0.1) is 6.92 Å². The van der Waals surface area contributed by atoms with E-state index in [-0.39, 0.29) is 5.56 Å². The second-order valence-corrected chi connectivity index (χ2v) is 4.09. The number of pyridine rings is 1. The Morgan fingerprint density at radius 2 is 1.94 bits per heavy atom. The Balaban J connectivity index is 2.33. The minimum absolute atomic E-state index is 0.223. The molecule has 0 amide bonds. The van der Waals surface area contributed by atoms with Crippen LogP contribution in [0.3, 0.4) is 0 Å². The SMILES string of the molecule is Cc1cn2nc(-c3ccncc3)n(C)c2nc1=O. The molecule has 0 saturated heterocycles. The summed E-state index contributed by atoms with van der Waals surface area (Å²) in [5.41, 5.74) is 1.29. The van der Waals surface area contributed by atoms with Gasteiger partial charge in [0.15, 0.2) is 5.82 Å². The quantitative estimate of drug-likeness (QED) is 0.632. The summed E-state index contributed by atoms with van der Waals surface area (Å²) in [5.74, 6) is 1.27. The Kier molecular flexibility index (Phi) is 2.22. The van der Waals surface area contributed by atoms with Gasteiger partial charge in [-0.05, 0) is 19.1 Å². The molecule has 0 unspecified atom stereocenters. The first-order chi connectivity index (χ1) is 8.66. The van der Waals surface area contributed by atoms with Crippen LogP contribution < -0.4 is 5.56 Å². The molecule has 0 aromatic carbocycles. The second-order valence-electron chi connectivity index (χ2n) is 4.09. The van der Waals surface area contributed by atoms with E-state index in [9.17, 15) is 4.79 Å². The average Bonchev–Trinajstić information content (AvgIpc) is 2.69. The van der Waals surface area contributed by atoms with E-state index < -0.39 is 0 Å². The summed E-state index contributed by atoms with van der Waals surface area (Å²) in [7, 11) is 1.83. The van der Waals surface area contributed by atoms with Crippen molar-refractivity contribution in [2.24, 2.45) is 7.05 Å². The summed E-state index contributed by atoms with van der Waals surface area (Å²) < 4.78 is 3.41. The average molecular weight is 241 g/mol. The van der Waals surface area contributed by atoms with Gasteiger partial charge in [-0.1, -0.05) is 0 Å². The Labute approximate surface area is 103 Å². The van der Waals surface area contributed by atoms with Gasteiger partial charge in [0.25, 0.3) is 5.56 Å². The van der Waals surface area contributed by atoms with Gasteiger partial charge in [0.2, 0.25) is 5.78 Å². The van der Waals surface area contributed by atoms with Crippen molar-refractivity contribution in [3.8, 4) is 11.4 Å². The first-order valence-electron chi connectivity index (χ1n) is 5.50. The molecule has 3 aromatic heterocycles. The van der Waals surface area contributed by atoms with Crippen LogP contribution >= 0.6 is 0 Å². The van der Waals surface area contributed by atoms with Crippen LogP contribution in [0.5, 0.6) is 0 Å². The van der Waals surface area contributed by atoms with Gasteiger partial charge in [0.1, 0.15) is 0 Å². The molecule has 0 aliphatic rings. The lowest BCUT2D eigenvalue weighted by molar-refractivity contribution is 0.898. The molecule has 90 valence electrons. The number of nitrogens with zero attached hydrogens (tertiary/aromatic N) is 5. The summed E-state index contributed by atoms with van der Waals surface area (Å²) in [5, 5.41) is 4.43. The molecule has 0 aliphatic heterocycles. The predicted molar refractivity (Wildman–Crippen MR) is 66.2 cm³/mol. The summed E-state index contributed by atoms with van der Waals surface area (Å²) in [6.07, 6.45) is 5.10. The standard InChI is InChI=1S/C12H11N5O/c1-8-7-17-12(14-11(8)18)16(2)10(15-17)9-3-5-13-6-4-9/h3-7H,1-2H3. The molecule has 3 rings (SSSR count). The van der Waals surface area contributed by atoms with E-state index in [0.717, 1.165) is 11.4 Å². The normalized spacial score (nSPS) is 11.0. The van der Waals surface area contributed by atoms with Gasteiger partial charge in [-0.25, -0.2) is 4.52 Å². The van der Waals surface area contributed by atoms with Crippen molar-refractivity contribution in [1.82, 2.24) is 24.1 Å². The van der Waals surface area contributed by atoms with Crippen LogP contribution in [0.2, 0.25) is 0 Å². The number of aryl methyl sites for hydroxylation is 2. The van der Waals surface area contributed by atoms with E-state index in [1.165, 1.54) is 0 Å². The first-order valence-corrected chi connectivity index (χ1v) is 5.50. The lowest BCUT2D eigenvalue weighted by Gasteiger charge is -1.98. The molecular weight excluding hydrogens is 230 g/mol. The fourth-order valence-corrected chi connectivity index (χ4v) is 1.85. The highest BCUT2D eigenvalue weighted by Gasteiger charge is 2.11. The second kappa shape index (κ2) is 3.76. The van der Waals surface area contributed by atoms with E-state index in [0.29, 0.717) is 11.3 Å². The van der Waals surface area contributed by atoms with Crippen molar-refractivity contribution in [1.29, 1.82) is 0 Å². The molecule has 0 fully saturated rings. The van der Waals surface area contributed by atoms with Crippen LogP contribution in [0.25, 0.3) is 17.2 Å². The zero-order chi connectivity index (χ0) is 12.7. The summed E-state index contributed by atoms with van der Waals surface area (Å²) in [6, 6.07) is 3.74. The van der Waals surface area contributed by atoms with E-state index in [1.54, 1.807) is 34.6 Å². The van der Waals surface area contributed by atoms with Crippen LogP contribution in [-0.2, 0) is 7.05 Å². The lowest BCUT2D eigenvalue weighted by Crippen LogP contribution is -2.13. The molecule has 18 heavy (non-hydrogen) atoms. The van der Waals surface area contributed by atoms with Crippen molar-refractivity contribution in [2.75, 3.05) is 0 Å². The van der Waals surface area contributed by atoms with Crippen molar-refractivity contribution < 1.29 is 0 Å². The highest BCUT2D eigenvalue weighted by molar-refractivity contribution is 5.57. The largest absolute Gasteiger partial charge is 0.296 e. The summed E-state index contributed by atoms with van der Waals surface area (Å²) in [4.78, 5) is 19.5. The smallest absolute Gasteiger partial charge is 0.277 e. The number of fused-ring (bicyclic) bond motifs is 1. The molecule has 0 aliphatic carbocycles. The van der Waals surface area contributed by atoms with Gasteiger partial charge in [0.05, 0.1) is 0 Å². The van der Waals surface area contributed by atoms with Crippen LogP contribution in [-0.4, -0.2) is 24.1 Å². The van der Waals surface area contributed by atoms with Crippen molar-refractivity contribution in [2.45, 2.75) is 6.92 Å². The fraction of sp³-hybridized carbons (Fsp3) is 0.167. The third-order valence-corrected chi connectivity index (χ3v) is 2.82. The molecular formula is C12H11N5O. The molecule has 0 atom stereocenters. The molecule has 3 heterocycles. The molecule has 6 heteroatoms. The molecule has 0 spiro atoms. The highest BCUT2D eigenvalue weighted by atomic mass is 16.1. The maximum Gasteiger partial charge on any atom is 0.277 e. The zero-order valence-electron chi connectivity index (χ0n) is 10.0. The number of hydrogen-bond acceptors (Lipinski definition) is 4. The Bertz CT molecular complexity index is 772. The van der Waals surface area contributed by atoms with Crippen molar-refractivity contribution >= 4 is 5.78 Å². The number of aromatic nitrogens is 5. The minimum Gasteiger partial charge on any atom is -0.296 e. The maximum atomic E-state index is 11.6. The molecule has 0 radical (unpaired) electrons. The van der Waals surface area contributed by atoms with Crippen molar-refractivity contribution in [3.63, 3.8) is 0 Å². The van der Waals surface area contributed by atoms with E-state index >= 15 is 0 Å². The Hall–Kier alpha value is -2.50. The van der Waals surface area contributed by atoms with Gasteiger partial charge in [-0.3, -0.25) is 14.3 Å². The fourth-order valence-electron chi connectivity index (χ4n) is 1.85. The Morgan fingerprint density at radius 1 is 1.22 bits per heavy atom. The number of rotatable bonds is 1. The third-order valence-electron chi connectivity index (χ3n) is 2.82. The van der Waals surface area contributed by atoms with Gasteiger partial charge >= 0.3 is 0 Å². The van der Waals surface area contributed by atoms with Gasteiger partial charge in [0, 0.05) is 36.8 Å². The van der Waals surface area contributed by atoms with Crippen LogP contribution in [0.4, 0.5) is 0 Å². The van der Waals surface area contributed by atoms with Gasteiger partial charge in [-0.15, -0.1) is 5.10 Å². The van der Waals surface area contributed by atoms with Crippen molar-refractivity contribution in [3.05, 3.63) is 46.6 Å². The minimum atomic E-state index is -0.223. The molecule has 0 bridgehead atoms. The van der Waals surface area contributed by atoms with E-state index in [1.807, 2.05) is 19.2 Å². The molecule has 6 nitrogen and oxygen atoms in total. The van der Waals surface area contributed by atoms with E-state index in [4.69, 9.17) is 0 Å². The monoisotopic (exact) mass is 241 g/mol. The molecule has 0 saturated carbocycles. The third kappa shape index (κ3) is 1.50. The number of hydrogen-bond donors (Lipinski definition) is 0. The summed E-state index contributed by atoms with van der Waals surface area (Å²) in [6.45, 7) is 1.72. The van der Waals surface area contributed by atoms with E-state index in [2.05, 4.69) is 15.1 Å². The van der Waals surface area contributed by atoms with Gasteiger partial charge in [-0.2, -0.15) is 4.98 Å². The van der Waals surface area contributed by atoms with Crippen LogP contribution in [0.15, 0.2) is 35.5 Å². The lowest BCUT2D eigenvalue weighted by atomic mass is 10.2. The van der Waals surface area contributed by atoms with Crippen LogP contribution in [0.1, 0.15) is 5.56 Å². The molecule has 3 aromatic rings.